The van der Waals surface area contributed by atoms with Crippen molar-refractivity contribution in [3.63, 3.8) is 0 Å². The van der Waals surface area contributed by atoms with Gasteiger partial charge in [-0.2, -0.15) is 26.3 Å². The van der Waals surface area contributed by atoms with Crippen LogP contribution in [0.3, 0.4) is 0 Å². The molecule has 0 aliphatic heterocycles. The SMILES string of the molecule is CN(C(=O)c1cc(C(F)(F)F)cc(C(F)(F)F)c1)C(CCC(=O)NCc1cccc2ccccc12)Cc1cn(C)c2ccccc12. The second kappa shape index (κ2) is 12.9. The number of alkyl halides is 6. The number of fused-ring (bicyclic) bond motifs is 2. The maximum atomic E-state index is 13.6. The summed E-state index contributed by atoms with van der Waals surface area (Å²) in [6.07, 6.45) is -8.04. The number of likely N-dealkylation sites (N-methyl/N-ethyl adjacent to an activating group) is 1. The van der Waals surface area contributed by atoms with E-state index in [2.05, 4.69) is 5.32 Å². The van der Waals surface area contributed by atoms with E-state index in [4.69, 9.17) is 0 Å². The van der Waals surface area contributed by atoms with Crippen molar-refractivity contribution in [3.8, 4) is 0 Å². The summed E-state index contributed by atoms with van der Waals surface area (Å²) < 4.78 is 83.2. The fourth-order valence-electron chi connectivity index (χ4n) is 5.75. The third-order valence-corrected chi connectivity index (χ3v) is 8.20. The minimum atomic E-state index is -5.10. The normalized spacial score (nSPS) is 12.8. The van der Waals surface area contributed by atoms with E-state index in [1.165, 1.54) is 7.05 Å². The standard InChI is InChI=1S/C35H31F6N3O2/c1-43-21-25(30-12-5-6-13-31(30)43)18-28(14-15-32(45)42-20-23-10-7-9-22-8-3-4-11-29(22)23)44(2)33(46)24-16-26(34(36,37)38)19-27(17-24)35(39,40)41/h3-13,16-17,19,21,28H,14-15,18,20H2,1-2H3,(H,42,45). The summed E-state index contributed by atoms with van der Waals surface area (Å²) in [6.45, 7) is 0.257. The molecule has 0 aliphatic carbocycles. The Bertz CT molecular complexity index is 1860. The maximum absolute atomic E-state index is 13.6. The van der Waals surface area contributed by atoms with Gasteiger partial charge in [0.05, 0.1) is 11.1 Å². The second-order valence-corrected chi connectivity index (χ2v) is 11.3. The predicted octanol–water partition coefficient (Wildman–Crippen LogP) is 8.15. The number of nitrogens with one attached hydrogen (secondary N) is 1. The fourth-order valence-corrected chi connectivity index (χ4v) is 5.75. The molecule has 0 bridgehead atoms. The molecule has 0 saturated carbocycles. The van der Waals surface area contributed by atoms with E-state index in [0.29, 0.717) is 12.1 Å². The summed E-state index contributed by atoms with van der Waals surface area (Å²) in [6, 6.07) is 21.1. The van der Waals surface area contributed by atoms with Crippen molar-refractivity contribution in [3.05, 3.63) is 119 Å². The molecule has 2 amide bonds. The first-order valence-electron chi connectivity index (χ1n) is 14.6. The molecule has 4 aromatic carbocycles. The Labute approximate surface area is 261 Å². The highest BCUT2D eigenvalue weighted by molar-refractivity contribution is 5.95. The zero-order chi connectivity index (χ0) is 33.2. The number of nitrogens with zero attached hydrogens (tertiary/aromatic N) is 2. The lowest BCUT2D eigenvalue weighted by atomic mass is 9.98. The molecule has 0 fully saturated rings. The van der Waals surface area contributed by atoms with Gasteiger partial charge in [-0.05, 0) is 59.0 Å². The number of para-hydroxylation sites is 1. The summed E-state index contributed by atoms with van der Waals surface area (Å²) >= 11 is 0. The third kappa shape index (κ3) is 7.19. The molecule has 1 aromatic heterocycles. The molecular formula is C35H31F6N3O2. The third-order valence-electron chi connectivity index (χ3n) is 8.20. The first kappa shape index (κ1) is 32.6. The van der Waals surface area contributed by atoms with Gasteiger partial charge >= 0.3 is 12.4 Å². The maximum Gasteiger partial charge on any atom is 0.416 e. The average Bonchev–Trinajstić information content (AvgIpc) is 3.34. The molecule has 1 unspecified atom stereocenters. The Morgan fingerprint density at radius 3 is 2.09 bits per heavy atom. The molecule has 5 rings (SSSR count). The molecule has 5 aromatic rings. The molecule has 11 heteroatoms. The van der Waals surface area contributed by atoms with Crippen molar-refractivity contribution in [1.29, 1.82) is 0 Å². The van der Waals surface area contributed by atoms with E-state index in [1.807, 2.05) is 84.5 Å². The molecule has 1 atom stereocenters. The van der Waals surface area contributed by atoms with Crippen molar-refractivity contribution in [1.82, 2.24) is 14.8 Å². The molecule has 240 valence electrons. The highest BCUT2D eigenvalue weighted by Gasteiger charge is 2.38. The van der Waals surface area contributed by atoms with Crippen LogP contribution in [0.25, 0.3) is 21.7 Å². The topological polar surface area (TPSA) is 54.3 Å². The highest BCUT2D eigenvalue weighted by atomic mass is 19.4. The van der Waals surface area contributed by atoms with Crippen molar-refractivity contribution < 1.29 is 35.9 Å². The van der Waals surface area contributed by atoms with Gasteiger partial charge in [-0.25, -0.2) is 0 Å². The monoisotopic (exact) mass is 639 g/mol. The summed E-state index contributed by atoms with van der Waals surface area (Å²) in [5.74, 6) is -1.33. The number of benzene rings is 4. The van der Waals surface area contributed by atoms with Crippen molar-refractivity contribution in [2.45, 2.75) is 44.2 Å². The number of hydrogen-bond acceptors (Lipinski definition) is 2. The quantitative estimate of drug-likeness (QED) is 0.166. The Hall–Kier alpha value is -4.80. The van der Waals surface area contributed by atoms with E-state index in [9.17, 15) is 35.9 Å². The smallest absolute Gasteiger partial charge is 0.352 e. The summed E-state index contributed by atoms with van der Waals surface area (Å²) in [7, 11) is 3.18. The molecule has 0 saturated heterocycles. The van der Waals surface area contributed by atoms with Crippen LogP contribution >= 0.6 is 0 Å². The van der Waals surface area contributed by atoms with E-state index >= 15 is 0 Å². The van der Waals surface area contributed by atoms with Crippen LogP contribution in [0.15, 0.2) is 91.1 Å². The number of rotatable bonds is 9. The van der Waals surface area contributed by atoms with Gasteiger partial charge in [0.15, 0.2) is 0 Å². The van der Waals surface area contributed by atoms with Crippen LogP contribution in [-0.4, -0.2) is 34.4 Å². The molecule has 5 nitrogen and oxygen atoms in total. The lowest BCUT2D eigenvalue weighted by Gasteiger charge is -2.29. The summed E-state index contributed by atoms with van der Waals surface area (Å²) in [5, 5.41) is 5.79. The van der Waals surface area contributed by atoms with Gasteiger partial charge in [0.25, 0.3) is 5.91 Å². The fraction of sp³-hybridized carbons (Fsp3) is 0.257. The Kier molecular flexibility index (Phi) is 9.14. The van der Waals surface area contributed by atoms with Gasteiger partial charge in [-0.15, -0.1) is 0 Å². The van der Waals surface area contributed by atoms with Crippen molar-refractivity contribution in [2.75, 3.05) is 7.05 Å². The van der Waals surface area contributed by atoms with Crippen LogP contribution in [-0.2, 0) is 37.2 Å². The Morgan fingerprint density at radius 1 is 0.804 bits per heavy atom. The van der Waals surface area contributed by atoms with Gasteiger partial charge in [0, 0.05) is 55.8 Å². The van der Waals surface area contributed by atoms with Gasteiger partial charge in [0.2, 0.25) is 5.91 Å². The van der Waals surface area contributed by atoms with E-state index in [0.717, 1.165) is 37.7 Å². The molecule has 0 radical (unpaired) electrons. The predicted molar refractivity (Wildman–Crippen MR) is 164 cm³/mol. The van der Waals surface area contributed by atoms with E-state index in [1.54, 1.807) is 0 Å². The molecule has 1 heterocycles. The lowest BCUT2D eigenvalue weighted by molar-refractivity contribution is -0.143. The number of amides is 2. The lowest BCUT2D eigenvalue weighted by Crippen LogP contribution is -2.39. The van der Waals surface area contributed by atoms with Crippen molar-refractivity contribution in [2.24, 2.45) is 7.05 Å². The average molecular weight is 640 g/mol. The Balaban J connectivity index is 1.40. The van der Waals surface area contributed by atoms with Crippen LogP contribution in [0.1, 0.15) is 45.5 Å². The number of aromatic nitrogens is 1. The number of carbonyl (C=O) groups is 2. The number of aryl methyl sites for hydroxylation is 1. The van der Waals surface area contributed by atoms with Crippen LogP contribution in [0, 0.1) is 0 Å². The first-order chi connectivity index (χ1) is 21.7. The minimum absolute atomic E-state index is 0.00928. The van der Waals surface area contributed by atoms with Crippen LogP contribution in [0.5, 0.6) is 0 Å². The molecular weight excluding hydrogens is 608 g/mol. The van der Waals surface area contributed by atoms with E-state index < -0.39 is 41.0 Å². The molecule has 0 spiro atoms. The van der Waals surface area contributed by atoms with Crippen LogP contribution in [0.4, 0.5) is 26.3 Å². The zero-order valence-corrected chi connectivity index (χ0v) is 25.0. The number of halogens is 6. The number of carbonyl (C=O) groups excluding carboxylic acids is 2. The summed E-state index contributed by atoms with van der Waals surface area (Å²) in [4.78, 5) is 27.7. The second-order valence-electron chi connectivity index (χ2n) is 11.3. The largest absolute Gasteiger partial charge is 0.416 e. The van der Waals surface area contributed by atoms with E-state index in [-0.39, 0.29) is 37.8 Å². The van der Waals surface area contributed by atoms with Gasteiger partial charge in [-0.3, -0.25) is 9.59 Å². The van der Waals surface area contributed by atoms with Gasteiger partial charge < -0.3 is 14.8 Å². The minimum Gasteiger partial charge on any atom is -0.352 e. The van der Waals surface area contributed by atoms with Gasteiger partial charge in [-0.1, -0.05) is 60.7 Å². The van der Waals surface area contributed by atoms with Crippen LogP contribution < -0.4 is 5.32 Å². The Morgan fingerprint density at radius 2 is 1.41 bits per heavy atom. The van der Waals surface area contributed by atoms with Gasteiger partial charge in [0.1, 0.15) is 0 Å². The number of hydrogen-bond donors (Lipinski definition) is 1. The first-order valence-corrected chi connectivity index (χ1v) is 14.6. The van der Waals surface area contributed by atoms with Crippen LogP contribution in [0.2, 0.25) is 0 Å². The van der Waals surface area contributed by atoms with Crippen molar-refractivity contribution >= 4 is 33.5 Å². The molecule has 46 heavy (non-hydrogen) atoms. The molecule has 1 N–H and O–H groups in total. The highest BCUT2D eigenvalue weighted by Crippen LogP contribution is 2.37. The summed E-state index contributed by atoms with van der Waals surface area (Å²) in [5.41, 5.74) is -1.25. The zero-order valence-electron chi connectivity index (χ0n) is 25.0. The molecule has 0 aliphatic rings.